The maximum absolute atomic E-state index is 6.23. The molecule has 4 atom stereocenters. The summed E-state index contributed by atoms with van der Waals surface area (Å²) in [5, 5.41) is 0. The molecule has 8 heteroatoms. The molecular formula is C17H34O7Si. The van der Waals surface area contributed by atoms with Crippen molar-refractivity contribution in [2.45, 2.75) is 71.4 Å². The van der Waals surface area contributed by atoms with Gasteiger partial charge >= 0.3 is 15.0 Å². The van der Waals surface area contributed by atoms with Crippen LogP contribution in [0, 0.1) is 5.92 Å². The highest BCUT2D eigenvalue weighted by Crippen LogP contribution is 2.40. The summed E-state index contributed by atoms with van der Waals surface area (Å²) in [5.74, 6) is 0.474. The Morgan fingerprint density at radius 2 is 1.60 bits per heavy atom. The molecule has 25 heavy (non-hydrogen) atoms. The quantitative estimate of drug-likeness (QED) is 0.277. The third-order valence-electron chi connectivity index (χ3n) is 4.64. The minimum absolute atomic E-state index is 0.390. The predicted molar refractivity (Wildman–Crippen MR) is 93.9 cm³/mol. The summed E-state index contributed by atoms with van der Waals surface area (Å²) < 4.78 is 40.8. The van der Waals surface area contributed by atoms with Gasteiger partial charge in [-0.15, -0.1) is 0 Å². The highest BCUT2D eigenvalue weighted by Gasteiger charge is 2.51. The van der Waals surface area contributed by atoms with Crippen LogP contribution in [-0.4, -0.2) is 60.7 Å². The third kappa shape index (κ3) is 5.70. The SMILES string of the molecule is CCOC(OCC)(OCC)O[Si](CC)(OC)OCC1CCC2OC2C1. The molecule has 1 aliphatic carbocycles. The van der Waals surface area contributed by atoms with E-state index in [9.17, 15) is 0 Å². The Morgan fingerprint density at radius 1 is 0.960 bits per heavy atom. The van der Waals surface area contributed by atoms with Gasteiger partial charge in [-0.25, -0.2) is 0 Å². The number of rotatable bonds is 13. The van der Waals surface area contributed by atoms with Gasteiger partial charge < -0.3 is 27.8 Å². The zero-order chi connectivity index (χ0) is 18.3. The fourth-order valence-electron chi connectivity index (χ4n) is 3.27. The van der Waals surface area contributed by atoms with Gasteiger partial charge in [-0.3, -0.25) is 4.43 Å². The molecule has 1 saturated carbocycles. The van der Waals surface area contributed by atoms with Crippen LogP contribution in [0.2, 0.25) is 6.04 Å². The maximum atomic E-state index is 6.23. The summed E-state index contributed by atoms with van der Waals surface area (Å²) in [4.78, 5) is 0. The van der Waals surface area contributed by atoms with Crippen LogP contribution in [0.4, 0.5) is 0 Å². The van der Waals surface area contributed by atoms with Crippen LogP contribution >= 0.6 is 0 Å². The minimum Gasteiger partial charge on any atom is -0.377 e. The van der Waals surface area contributed by atoms with Crippen molar-refractivity contribution in [2.75, 3.05) is 33.5 Å². The van der Waals surface area contributed by atoms with Crippen LogP contribution in [0.5, 0.6) is 0 Å². The van der Waals surface area contributed by atoms with Crippen molar-refractivity contribution in [1.82, 2.24) is 0 Å². The Balaban J connectivity index is 2.01. The maximum Gasteiger partial charge on any atom is 0.506 e. The average molecular weight is 379 g/mol. The summed E-state index contributed by atoms with van der Waals surface area (Å²) in [7, 11) is -1.38. The van der Waals surface area contributed by atoms with E-state index in [2.05, 4.69) is 0 Å². The summed E-state index contributed by atoms with van der Waals surface area (Å²) in [6.45, 7) is 9.36. The molecule has 0 radical (unpaired) electrons. The molecular weight excluding hydrogens is 344 g/mol. The van der Waals surface area contributed by atoms with Gasteiger partial charge in [-0.05, 0) is 46.0 Å². The average Bonchev–Trinajstić information content (AvgIpc) is 3.38. The zero-order valence-electron chi connectivity index (χ0n) is 16.2. The first-order valence-corrected chi connectivity index (χ1v) is 11.5. The van der Waals surface area contributed by atoms with E-state index >= 15 is 0 Å². The normalized spacial score (nSPS) is 28.4. The molecule has 2 rings (SSSR count). The van der Waals surface area contributed by atoms with Gasteiger partial charge in [0.2, 0.25) is 0 Å². The van der Waals surface area contributed by atoms with Gasteiger partial charge in [0.25, 0.3) is 0 Å². The number of hydrogen-bond donors (Lipinski definition) is 0. The minimum atomic E-state index is -3.00. The number of fused-ring (bicyclic) bond motifs is 1. The molecule has 4 unspecified atom stereocenters. The second-order valence-electron chi connectivity index (χ2n) is 6.34. The molecule has 0 N–H and O–H groups in total. The largest absolute Gasteiger partial charge is 0.506 e. The zero-order valence-corrected chi connectivity index (χ0v) is 17.2. The van der Waals surface area contributed by atoms with Crippen molar-refractivity contribution in [1.29, 1.82) is 0 Å². The Hall–Kier alpha value is -0.0631. The van der Waals surface area contributed by atoms with E-state index in [4.69, 9.17) is 32.2 Å². The monoisotopic (exact) mass is 378 g/mol. The number of epoxide rings is 1. The molecule has 148 valence electrons. The van der Waals surface area contributed by atoms with Gasteiger partial charge in [0.05, 0.1) is 32.0 Å². The highest BCUT2D eigenvalue weighted by molar-refractivity contribution is 6.60. The second-order valence-corrected chi connectivity index (χ2v) is 9.32. The smallest absolute Gasteiger partial charge is 0.377 e. The van der Waals surface area contributed by atoms with Crippen molar-refractivity contribution >= 4 is 8.80 Å². The fraction of sp³-hybridized carbons (Fsp3) is 1.00. The third-order valence-corrected chi connectivity index (χ3v) is 7.30. The van der Waals surface area contributed by atoms with Gasteiger partial charge in [0.1, 0.15) is 0 Å². The summed E-state index contributed by atoms with van der Waals surface area (Å²) >= 11 is 0. The predicted octanol–water partition coefficient (Wildman–Crippen LogP) is 2.91. The molecule has 0 amide bonds. The van der Waals surface area contributed by atoms with Gasteiger partial charge in [-0.1, -0.05) is 6.92 Å². The van der Waals surface area contributed by atoms with Crippen molar-refractivity contribution in [3.8, 4) is 0 Å². The molecule has 0 bridgehead atoms. The van der Waals surface area contributed by atoms with Crippen LogP contribution in [-0.2, 0) is 32.2 Å². The van der Waals surface area contributed by atoms with Crippen LogP contribution in [0.3, 0.4) is 0 Å². The van der Waals surface area contributed by atoms with Crippen molar-refractivity contribution in [3.63, 3.8) is 0 Å². The molecule has 0 spiro atoms. The Labute approximate surface area is 152 Å². The molecule has 1 aliphatic heterocycles. The van der Waals surface area contributed by atoms with Crippen molar-refractivity contribution < 1.29 is 32.2 Å². The summed E-state index contributed by atoms with van der Waals surface area (Å²) in [5.41, 5.74) is 0. The van der Waals surface area contributed by atoms with Gasteiger partial charge in [0.15, 0.2) is 0 Å². The lowest BCUT2D eigenvalue weighted by Gasteiger charge is -2.38. The van der Waals surface area contributed by atoms with Crippen molar-refractivity contribution in [3.05, 3.63) is 0 Å². The Kier molecular flexibility index (Phi) is 8.28. The summed E-state index contributed by atoms with van der Waals surface area (Å²) in [6, 6.07) is 0.605. The highest BCUT2D eigenvalue weighted by atomic mass is 28.4. The molecule has 1 heterocycles. The van der Waals surface area contributed by atoms with E-state index in [0.717, 1.165) is 19.3 Å². The topological polar surface area (TPSA) is 67.9 Å². The second kappa shape index (κ2) is 9.75. The lowest BCUT2D eigenvalue weighted by Crippen LogP contribution is -2.56. The van der Waals surface area contributed by atoms with E-state index in [0.29, 0.717) is 50.6 Å². The van der Waals surface area contributed by atoms with E-state index in [-0.39, 0.29) is 0 Å². The molecule has 2 fully saturated rings. The first-order chi connectivity index (χ1) is 12.1. The summed E-state index contributed by atoms with van der Waals surface area (Å²) in [6.07, 6.45) is 2.63. The van der Waals surface area contributed by atoms with Gasteiger partial charge in [0, 0.05) is 19.8 Å². The van der Waals surface area contributed by atoms with Crippen LogP contribution < -0.4 is 0 Å². The van der Waals surface area contributed by atoms with Crippen LogP contribution in [0.15, 0.2) is 0 Å². The van der Waals surface area contributed by atoms with Crippen molar-refractivity contribution in [2.24, 2.45) is 5.92 Å². The van der Waals surface area contributed by atoms with Crippen LogP contribution in [0.25, 0.3) is 0 Å². The van der Waals surface area contributed by atoms with E-state index in [1.807, 2.05) is 27.7 Å². The standard InChI is InChI=1S/C17H34O7Si/c1-6-19-17(20-7-2,21-8-3)24-25(9-4,18-5)22-13-14-10-11-15-16(12-14)23-15/h14-16H,6-13H2,1-5H3. The molecule has 7 nitrogen and oxygen atoms in total. The van der Waals surface area contributed by atoms with E-state index in [1.54, 1.807) is 7.11 Å². The first kappa shape index (κ1) is 21.2. The number of ether oxygens (including phenoxy) is 4. The molecule has 0 aromatic heterocycles. The Bertz CT molecular complexity index is 374. The van der Waals surface area contributed by atoms with E-state index < -0.39 is 15.0 Å². The molecule has 1 saturated heterocycles. The van der Waals surface area contributed by atoms with Crippen LogP contribution in [0.1, 0.15) is 47.0 Å². The van der Waals surface area contributed by atoms with E-state index in [1.165, 1.54) is 0 Å². The Morgan fingerprint density at radius 3 is 2.08 bits per heavy atom. The number of hydrogen-bond acceptors (Lipinski definition) is 7. The molecule has 0 aromatic carbocycles. The molecule has 0 aromatic rings. The first-order valence-electron chi connectivity index (χ1n) is 9.52. The fourth-order valence-corrected chi connectivity index (χ4v) is 5.21. The lowest BCUT2D eigenvalue weighted by atomic mass is 9.90. The molecule has 2 aliphatic rings. The lowest BCUT2D eigenvalue weighted by molar-refractivity contribution is -0.478. The van der Waals surface area contributed by atoms with Gasteiger partial charge in [-0.2, -0.15) is 0 Å².